The van der Waals surface area contributed by atoms with Crippen LogP contribution in [0.15, 0.2) is 86.8 Å². The Bertz CT molecular complexity index is 1680. The van der Waals surface area contributed by atoms with Crippen molar-refractivity contribution in [2.75, 3.05) is 25.7 Å². The number of hydrogen-bond acceptors (Lipinski definition) is 9. The molecule has 0 N–H and O–H groups in total. The van der Waals surface area contributed by atoms with Gasteiger partial charge in [-0.2, -0.15) is 0 Å². The van der Waals surface area contributed by atoms with Gasteiger partial charge in [0.2, 0.25) is 0 Å². The van der Waals surface area contributed by atoms with E-state index in [4.69, 9.17) is 26.4 Å². The predicted octanol–water partition coefficient (Wildman–Crippen LogP) is 7.27. The third kappa shape index (κ3) is 5.50. The molecule has 0 saturated carbocycles. The fourth-order valence-corrected chi connectivity index (χ4v) is 8.11. The van der Waals surface area contributed by atoms with Crippen molar-refractivity contribution in [3.63, 3.8) is 0 Å². The van der Waals surface area contributed by atoms with E-state index in [1.54, 1.807) is 4.90 Å². The Kier molecular flexibility index (Phi) is 8.82. The lowest BCUT2D eigenvalue weighted by Crippen LogP contribution is -2.56. The maximum Gasteiger partial charge on any atom is 0.346 e. The topological polar surface area (TPSA) is 82.1 Å². The lowest BCUT2D eigenvalue weighted by molar-refractivity contribution is -0.138. The van der Waals surface area contributed by atoms with Gasteiger partial charge in [0.15, 0.2) is 0 Å². The fourth-order valence-electron chi connectivity index (χ4n) is 5.08. The van der Waals surface area contributed by atoms with Gasteiger partial charge in [0.1, 0.15) is 15.6 Å². The van der Waals surface area contributed by atoms with Gasteiger partial charge in [0.05, 0.1) is 41.2 Å². The molecule has 0 aliphatic carbocycles. The maximum absolute atomic E-state index is 14.6. The minimum Gasteiger partial charge on any atom is -0.494 e. The van der Waals surface area contributed by atoms with Gasteiger partial charge in [0.25, 0.3) is 5.91 Å². The number of anilines is 1. The summed E-state index contributed by atoms with van der Waals surface area (Å²) >= 11 is 8.37. The Morgan fingerprint density at radius 3 is 2.05 bits per heavy atom. The van der Waals surface area contributed by atoms with E-state index >= 15 is 0 Å². The maximum atomic E-state index is 14.6. The molecule has 2 aliphatic rings. The van der Waals surface area contributed by atoms with Crippen molar-refractivity contribution in [3.05, 3.63) is 98.0 Å². The summed E-state index contributed by atoms with van der Waals surface area (Å²) in [6, 6.07) is 22.8. The van der Waals surface area contributed by atoms with Crippen LogP contribution < -0.4 is 9.64 Å². The number of nitrogens with zero attached hydrogens (tertiary/aromatic N) is 1. The van der Waals surface area contributed by atoms with Crippen LogP contribution in [0, 0.1) is 0 Å². The van der Waals surface area contributed by atoms with Crippen molar-refractivity contribution in [2.45, 2.75) is 26.3 Å². The van der Waals surface area contributed by atoms with E-state index in [1.165, 1.54) is 14.2 Å². The van der Waals surface area contributed by atoms with Gasteiger partial charge in [-0.25, -0.2) is 9.59 Å². The van der Waals surface area contributed by atoms with Crippen LogP contribution in [-0.4, -0.2) is 49.1 Å². The zero-order valence-electron chi connectivity index (χ0n) is 24.3. The number of rotatable bonds is 6. The van der Waals surface area contributed by atoms with Crippen LogP contribution in [0.4, 0.5) is 5.69 Å². The molecule has 0 spiro atoms. The van der Waals surface area contributed by atoms with Gasteiger partial charge in [-0.1, -0.05) is 84.3 Å². The van der Waals surface area contributed by atoms with Crippen molar-refractivity contribution in [1.29, 1.82) is 0 Å². The lowest BCUT2D eigenvalue weighted by Gasteiger charge is -2.45. The third-order valence-electron chi connectivity index (χ3n) is 7.12. The van der Waals surface area contributed by atoms with Crippen LogP contribution in [0.5, 0.6) is 5.75 Å². The van der Waals surface area contributed by atoms with E-state index in [0.717, 1.165) is 34.7 Å². The summed E-state index contributed by atoms with van der Waals surface area (Å²) in [5, 5.41) is 0. The standard InChI is InChI=1S/C33H29NO6S3/c1-6-40-20-16-17-24-23(18-20)25(32-42-26(30(36)38-4)27(43-32)31(37)39-5)28(41)33(2,3)34(24)29(35)22-15-11-10-14-21(22)19-12-8-7-9-13-19/h7-18H,6H2,1-5H3. The zero-order chi connectivity index (χ0) is 30.9. The molecule has 2 heterocycles. The first-order chi connectivity index (χ1) is 20.6. The number of amides is 1. The molecule has 0 bridgehead atoms. The van der Waals surface area contributed by atoms with Crippen molar-refractivity contribution in [3.8, 4) is 16.9 Å². The molecule has 43 heavy (non-hydrogen) atoms. The first-order valence-electron chi connectivity index (χ1n) is 13.5. The number of carbonyl (C=O) groups is 3. The van der Waals surface area contributed by atoms with Crippen LogP contribution in [-0.2, 0) is 19.1 Å². The normalized spacial score (nSPS) is 15.7. The molecule has 3 aromatic rings. The molecule has 0 aromatic heterocycles. The van der Waals surface area contributed by atoms with E-state index in [1.807, 2.05) is 93.6 Å². The number of carbonyl (C=O) groups excluding carboxylic acids is 3. The molecule has 10 heteroatoms. The summed E-state index contributed by atoms with van der Waals surface area (Å²) in [6.45, 7) is 6.13. The molecule has 0 fully saturated rings. The average Bonchev–Trinajstić information content (AvgIpc) is 3.46. The van der Waals surface area contributed by atoms with E-state index in [2.05, 4.69) is 0 Å². The van der Waals surface area contributed by atoms with Crippen LogP contribution in [0.3, 0.4) is 0 Å². The molecule has 220 valence electrons. The average molecular weight is 632 g/mol. The molecular weight excluding hydrogens is 603 g/mol. The van der Waals surface area contributed by atoms with Gasteiger partial charge in [-0.05, 0) is 56.2 Å². The van der Waals surface area contributed by atoms with Gasteiger partial charge in [0, 0.05) is 16.7 Å². The molecule has 1 amide bonds. The summed E-state index contributed by atoms with van der Waals surface area (Å²) in [4.78, 5) is 42.4. The van der Waals surface area contributed by atoms with E-state index in [0.29, 0.717) is 43.8 Å². The fraction of sp³-hybridized carbons (Fsp3) is 0.212. The van der Waals surface area contributed by atoms with Gasteiger partial charge in [-0.3, -0.25) is 9.69 Å². The second-order valence-corrected chi connectivity index (χ2v) is 12.8. The van der Waals surface area contributed by atoms with Crippen molar-refractivity contribution < 1.29 is 28.6 Å². The zero-order valence-corrected chi connectivity index (χ0v) is 26.7. The summed E-state index contributed by atoms with van der Waals surface area (Å²) in [5.74, 6) is -0.905. The number of esters is 2. The van der Waals surface area contributed by atoms with Gasteiger partial charge < -0.3 is 14.2 Å². The van der Waals surface area contributed by atoms with Crippen LogP contribution >= 0.6 is 35.7 Å². The molecule has 0 saturated heterocycles. The molecule has 7 nitrogen and oxygen atoms in total. The highest BCUT2D eigenvalue weighted by molar-refractivity contribution is 8.29. The number of hydrogen-bond donors (Lipinski definition) is 0. The highest BCUT2D eigenvalue weighted by Gasteiger charge is 2.46. The minimum atomic E-state index is -0.973. The first-order valence-corrected chi connectivity index (χ1v) is 15.5. The van der Waals surface area contributed by atoms with E-state index < -0.39 is 17.5 Å². The number of thiocarbonyl (C=S) groups is 1. The van der Waals surface area contributed by atoms with E-state index in [-0.39, 0.29) is 15.7 Å². The predicted molar refractivity (Wildman–Crippen MR) is 176 cm³/mol. The molecule has 0 radical (unpaired) electrons. The van der Waals surface area contributed by atoms with Gasteiger partial charge >= 0.3 is 11.9 Å². The molecule has 5 rings (SSSR count). The highest BCUT2D eigenvalue weighted by atomic mass is 32.2. The Morgan fingerprint density at radius 2 is 1.44 bits per heavy atom. The van der Waals surface area contributed by atoms with E-state index in [9.17, 15) is 14.4 Å². The quantitative estimate of drug-likeness (QED) is 0.159. The third-order valence-corrected chi connectivity index (χ3v) is 10.4. The number of benzene rings is 3. The SMILES string of the molecule is CCOc1ccc2c(c1)C(=C1SC(C(=O)OC)=C(C(=O)OC)S1)C(=S)C(C)(C)N2C(=O)c1ccccc1-c1ccccc1. The highest BCUT2D eigenvalue weighted by Crippen LogP contribution is 2.56. The molecular formula is C33H29NO6S3. The summed E-state index contributed by atoms with van der Waals surface area (Å²) in [5.41, 5.74) is 3.23. The summed E-state index contributed by atoms with van der Waals surface area (Å²) < 4.78 is 16.4. The van der Waals surface area contributed by atoms with Gasteiger partial charge in [-0.15, -0.1) is 0 Å². The Labute approximate surface area is 264 Å². The minimum absolute atomic E-state index is 0.125. The monoisotopic (exact) mass is 631 g/mol. The molecule has 0 atom stereocenters. The summed E-state index contributed by atoms with van der Waals surface area (Å²) in [6.07, 6.45) is 0. The van der Waals surface area contributed by atoms with Crippen molar-refractivity contribution in [2.24, 2.45) is 0 Å². The summed E-state index contributed by atoms with van der Waals surface area (Å²) in [7, 11) is 2.52. The first kappa shape index (κ1) is 30.6. The van der Waals surface area contributed by atoms with Crippen LogP contribution in [0.2, 0.25) is 0 Å². The molecule has 3 aromatic carbocycles. The second kappa shape index (κ2) is 12.4. The Balaban J connectivity index is 1.71. The number of thioether (sulfide) groups is 2. The van der Waals surface area contributed by atoms with Crippen LogP contribution in [0.1, 0.15) is 36.7 Å². The number of ether oxygens (including phenoxy) is 3. The Morgan fingerprint density at radius 1 is 0.837 bits per heavy atom. The second-order valence-electron chi connectivity index (χ2n) is 10.1. The molecule has 2 aliphatic heterocycles. The Hall–Kier alpha value is -3.86. The lowest BCUT2D eigenvalue weighted by atomic mass is 9.82. The van der Waals surface area contributed by atoms with Crippen molar-refractivity contribution >= 4 is 69.7 Å². The largest absolute Gasteiger partial charge is 0.494 e. The molecule has 0 unspecified atom stereocenters. The van der Waals surface area contributed by atoms with Crippen LogP contribution in [0.25, 0.3) is 16.7 Å². The number of fused-ring (bicyclic) bond motifs is 1. The number of methoxy groups -OCH3 is 2. The smallest absolute Gasteiger partial charge is 0.346 e. The van der Waals surface area contributed by atoms with Crippen molar-refractivity contribution in [1.82, 2.24) is 0 Å².